The van der Waals surface area contributed by atoms with Crippen LogP contribution in [0.2, 0.25) is 0 Å². The van der Waals surface area contributed by atoms with Gasteiger partial charge in [0, 0.05) is 35.9 Å². The van der Waals surface area contributed by atoms with Crippen LogP contribution in [-0.2, 0) is 22.5 Å². The van der Waals surface area contributed by atoms with E-state index in [-0.39, 0.29) is 6.42 Å². The van der Waals surface area contributed by atoms with Crippen LogP contribution in [0.1, 0.15) is 16.2 Å². The number of carboxylic acids is 1. The maximum atomic E-state index is 10.6. The Hall–Kier alpha value is -0.950. The number of rotatable bonds is 6. The Kier molecular flexibility index (Phi) is 4.34. The molecule has 1 aliphatic rings. The van der Waals surface area contributed by atoms with Crippen LogP contribution < -0.4 is 5.32 Å². The van der Waals surface area contributed by atoms with Crippen molar-refractivity contribution >= 4 is 17.3 Å². The van der Waals surface area contributed by atoms with Crippen LogP contribution in [-0.4, -0.2) is 41.5 Å². The molecule has 0 saturated carbocycles. The van der Waals surface area contributed by atoms with Gasteiger partial charge in [0.15, 0.2) is 0 Å². The minimum absolute atomic E-state index is 0.0719. The fourth-order valence-corrected chi connectivity index (χ4v) is 2.89. The molecule has 0 bridgehead atoms. The molecule has 1 unspecified atom stereocenters. The van der Waals surface area contributed by atoms with Crippen molar-refractivity contribution in [3.8, 4) is 0 Å². The quantitative estimate of drug-likeness (QED) is 0.707. The summed E-state index contributed by atoms with van der Waals surface area (Å²) in [7, 11) is 0. The van der Waals surface area contributed by atoms with Gasteiger partial charge in [0.2, 0.25) is 0 Å². The number of hydrogen-bond acceptors (Lipinski definition) is 5. The van der Waals surface area contributed by atoms with Crippen molar-refractivity contribution in [3.63, 3.8) is 0 Å². The molecule has 6 heteroatoms. The second-order valence-electron chi connectivity index (χ2n) is 4.57. The first-order chi connectivity index (χ1) is 8.57. The van der Waals surface area contributed by atoms with Gasteiger partial charge in [0.05, 0.1) is 13.0 Å². The Labute approximate surface area is 109 Å². The molecule has 0 radical (unpaired) electrons. The van der Waals surface area contributed by atoms with Crippen molar-refractivity contribution in [1.29, 1.82) is 0 Å². The maximum Gasteiger partial charge on any atom is 0.308 e. The molecule has 0 spiro atoms. The number of carboxylic acid groups (broad SMARTS) is 1. The summed E-state index contributed by atoms with van der Waals surface area (Å²) in [5.41, 5.74) is -0.749. The zero-order chi connectivity index (χ0) is 13.0. The number of ether oxygens (including phenoxy) is 1. The van der Waals surface area contributed by atoms with Crippen LogP contribution in [0.15, 0.2) is 12.1 Å². The van der Waals surface area contributed by atoms with E-state index in [1.165, 1.54) is 11.3 Å². The number of aliphatic hydroxyl groups is 1. The predicted molar refractivity (Wildman–Crippen MR) is 67.8 cm³/mol. The number of nitrogens with one attached hydrogen (secondary N) is 1. The Bertz CT molecular complexity index is 412. The predicted octanol–water partition coefficient (Wildman–Crippen LogP) is 0.616. The lowest BCUT2D eigenvalue weighted by atomic mass is 10.0. The monoisotopic (exact) mass is 271 g/mol. The van der Waals surface area contributed by atoms with E-state index < -0.39 is 11.6 Å². The van der Waals surface area contributed by atoms with Crippen LogP contribution in [0.25, 0.3) is 0 Å². The molecular formula is C12H17NO4S. The van der Waals surface area contributed by atoms with Crippen LogP contribution in [0, 0.1) is 0 Å². The van der Waals surface area contributed by atoms with E-state index in [0.717, 1.165) is 9.75 Å². The van der Waals surface area contributed by atoms with Crippen molar-refractivity contribution in [3.05, 3.63) is 21.9 Å². The van der Waals surface area contributed by atoms with E-state index >= 15 is 0 Å². The molecule has 1 aromatic rings. The first-order valence-electron chi connectivity index (χ1n) is 5.88. The molecular weight excluding hydrogens is 254 g/mol. The summed E-state index contributed by atoms with van der Waals surface area (Å²) in [6, 6.07) is 3.76. The third-order valence-electron chi connectivity index (χ3n) is 2.88. The van der Waals surface area contributed by atoms with E-state index in [1.807, 2.05) is 12.1 Å². The Morgan fingerprint density at radius 1 is 1.50 bits per heavy atom. The summed E-state index contributed by atoms with van der Waals surface area (Å²) < 4.78 is 5.16. The summed E-state index contributed by atoms with van der Waals surface area (Å²) in [5, 5.41) is 21.9. The molecule has 5 nitrogen and oxygen atoms in total. The van der Waals surface area contributed by atoms with Crippen LogP contribution in [0.3, 0.4) is 0 Å². The van der Waals surface area contributed by atoms with Gasteiger partial charge in [0.25, 0.3) is 0 Å². The lowest BCUT2D eigenvalue weighted by Gasteiger charge is -2.20. The van der Waals surface area contributed by atoms with E-state index in [1.54, 1.807) is 0 Å². The third kappa shape index (κ3) is 3.78. The topological polar surface area (TPSA) is 78.8 Å². The third-order valence-corrected chi connectivity index (χ3v) is 3.96. The van der Waals surface area contributed by atoms with Gasteiger partial charge in [-0.1, -0.05) is 0 Å². The van der Waals surface area contributed by atoms with E-state index in [4.69, 9.17) is 9.84 Å². The highest BCUT2D eigenvalue weighted by molar-refractivity contribution is 7.12. The highest BCUT2D eigenvalue weighted by atomic mass is 32.1. The van der Waals surface area contributed by atoms with Gasteiger partial charge in [-0.25, -0.2) is 0 Å². The minimum Gasteiger partial charge on any atom is -0.481 e. The Morgan fingerprint density at radius 2 is 2.28 bits per heavy atom. The summed E-state index contributed by atoms with van der Waals surface area (Å²) in [4.78, 5) is 12.5. The van der Waals surface area contributed by atoms with E-state index in [0.29, 0.717) is 32.7 Å². The van der Waals surface area contributed by atoms with Gasteiger partial charge in [-0.2, -0.15) is 0 Å². The average Bonchev–Trinajstić information content (AvgIpc) is 2.88. The van der Waals surface area contributed by atoms with Crippen LogP contribution in [0.4, 0.5) is 0 Å². The first-order valence-corrected chi connectivity index (χ1v) is 6.69. The van der Waals surface area contributed by atoms with Crippen molar-refractivity contribution in [2.75, 3.05) is 19.8 Å². The number of aliphatic carboxylic acids is 1. The molecule has 0 aliphatic carbocycles. The lowest BCUT2D eigenvalue weighted by Crippen LogP contribution is -2.40. The molecule has 1 aliphatic heterocycles. The summed E-state index contributed by atoms with van der Waals surface area (Å²) in [6.07, 6.45) is 0.733. The second kappa shape index (κ2) is 5.79. The largest absolute Gasteiger partial charge is 0.481 e. The fourth-order valence-electron chi connectivity index (χ4n) is 1.92. The fraction of sp³-hybridized carbons (Fsp3) is 0.583. The molecule has 1 saturated heterocycles. The van der Waals surface area contributed by atoms with Gasteiger partial charge >= 0.3 is 5.97 Å². The molecule has 2 heterocycles. The average molecular weight is 271 g/mol. The van der Waals surface area contributed by atoms with Gasteiger partial charge < -0.3 is 20.3 Å². The highest BCUT2D eigenvalue weighted by Gasteiger charge is 2.31. The van der Waals surface area contributed by atoms with Gasteiger partial charge in [-0.3, -0.25) is 4.79 Å². The Morgan fingerprint density at radius 3 is 2.94 bits per heavy atom. The van der Waals surface area contributed by atoms with Crippen molar-refractivity contribution < 1.29 is 19.7 Å². The molecule has 2 rings (SSSR count). The standard InChI is InChI=1S/C12H17NO4S/c14-11(15)5-9-1-2-10(18-9)6-13-7-12(16)3-4-17-8-12/h1-2,13,16H,3-8H2,(H,14,15). The molecule has 100 valence electrons. The molecule has 0 aromatic carbocycles. The highest BCUT2D eigenvalue weighted by Crippen LogP contribution is 2.19. The van der Waals surface area contributed by atoms with Crippen molar-refractivity contribution in [2.24, 2.45) is 0 Å². The van der Waals surface area contributed by atoms with Crippen LogP contribution in [0.5, 0.6) is 0 Å². The van der Waals surface area contributed by atoms with Crippen LogP contribution >= 0.6 is 11.3 Å². The zero-order valence-electron chi connectivity index (χ0n) is 10.0. The lowest BCUT2D eigenvalue weighted by molar-refractivity contribution is -0.136. The van der Waals surface area contributed by atoms with Gasteiger partial charge in [-0.15, -0.1) is 11.3 Å². The Balaban J connectivity index is 1.76. The first kappa shape index (κ1) is 13.5. The number of hydrogen-bond donors (Lipinski definition) is 3. The SMILES string of the molecule is O=C(O)Cc1ccc(CNCC2(O)CCOC2)s1. The number of carbonyl (C=O) groups is 1. The van der Waals surface area contributed by atoms with E-state index in [2.05, 4.69) is 5.32 Å². The molecule has 18 heavy (non-hydrogen) atoms. The molecule has 1 atom stereocenters. The zero-order valence-corrected chi connectivity index (χ0v) is 10.8. The maximum absolute atomic E-state index is 10.6. The van der Waals surface area contributed by atoms with Crippen molar-refractivity contribution in [2.45, 2.75) is 25.0 Å². The minimum atomic E-state index is -0.811. The molecule has 3 N–H and O–H groups in total. The van der Waals surface area contributed by atoms with Gasteiger partial charge in [0.1, 0.15) is 5.60 Å². The van der Waals surface area contributed by atoms with Gasteiger partial charge in [-0.05, 0) is 12.1 Å². The second-order valence-corrected chi connectivity index (χ2v) is 5.82. The smallest absolute Gasteiger partial charge is 0.308 e. The molecule has 0 amide bonds. The number of thiophene rings is 1. The summed E-state index contributed by atoms with van der Waals surface area (Å²) >= 11 is 1.49. The van der Waals surface area contributed by atoms with E-state index in [9.17, 15) is 9.90 Å². The summed E-state index contributed by atoms with van der Waals surface area (Å²) in [5.74, 6) is -0.811. The molecule has 1 fully saturated rings. The normalized spacial score (nSPS) is 23.4. The van der Waals surface area contributed by atoms with Crippen molar-refractivity contribution in [1.82, 2.24) is 5.32 Å². The summed E-state index contributed by atoms with van der Waals surface area (Å²) in [6.45, 7) is 2.14. The molecule has 1 aromatic heterocycles.